The third kappa shape index (κ3) is 6.39. The first-order valence-corrected chi connectivity index (χ1v) is 15.5. The summed E-state index contributed by atoms with van der Waals surface area (Å²) in [5, 5.41) is 18.1. The van der Waals surface area contributed by atoms with Gasteiger partial charge in [-0.15, -0.1) is 0 Å². The molecule has 2 amide bonds. The number of carbonyl (C=O) groups is 2. The molecule has 2 atom stereocenters. The van der Waals surface area contributed by atoms with Crippen molar-refractivity contribution in [1.82, 2.24) is 39.1 Å². The van der Waals surface area contributed by atoms with Crippen molar-refractivity contribution >= 4 is 22.9 Å². The zero-order chi connectivity index (χ0) is 33.5. The van der Waals surface area contributed by atoms with Crippen molar-refractivity contribution in [2.24, 2.45) is 0 Å². The average Bonchev–Trinajstić information content (AvgIpc) is 3.55. The lowest BCUT2D eigenvalue weighted by molar-refractivity contribution is 0.00950. The highest BCUT2D eigenvalue weighted by Gasteiger charge is 2.36. The summed E-state index contributed by atoms with van der Waals surface area (Å²) in [6.07, 6.45) is 3.86. The first kappa shape index (κ1) is 31.7. The smallest absolute Gasteiger partial charge is 0.410 e. The van der Waals surface area contributed by atoms with Crippen LogP contribution in [0.25, 0.3) is 28.0 Å². The summed E-state index contributed by atoms with van der Waals surface area (Å²) < 4.78 is 10.3. The van der Waals surface area contributed by atoms with Gasteiger partial charge in [0.2, 0.25) is 0 Å². The van der Waals surface area contributed by atoms with Crippen molar-refractivity contribution < 1.29 is 19.4 Å². The minimum atomic E-state index is -0.719. The van der Waals surface area contributed by atoms with Crippen molar-refractivity contribution in [1.29, 1.82) is 0 Å². The largest absolute Gasteiger partial charge is 0.444 e. The Bertz CT molecular complexity index is 2000. The number of aliphatic hydroxyl groups is 1. The molecule has 3 aromatic heterocycles. The first-order valence-electron chi connectivity index (χ1n) is 15.5. The first-order chi connectivity index (χ1) is 22.4. The Balaban J connectivity index is 1.42. The maximum absolute atomic E-state index is 14.2. The molecule has 0 fully saturated rings. The van der Waals surface area contributed by atoms with Gasteiger partial charge in [-0.05, 0) is 64.4 Å². The summed E-state index contributed by atoms with van der Waals surface area (Å²) in [6.45, 7) is 9.56. The maximum Gasteiger partial charge on any atom is 0.410 e. The molecule has 0 radical (unpaired) electrons. The molecule has 13 nitrogen and oxygen atoms in total. The van der Waals surface area contributed by atoms with E-state index in [2.05, 4.69) is 20.4 Å². The number of hydrogen-bond acceptors (Lipinski definition) is 8. The predicted octanol–water partition coefficient (Wildman–Crippen LogP) is 3.90. The van der Waals surface area contributed by atoms with Gasteiger partial charge in [0.1, 0.15) is 11.3 Å². The Kier molecular flexibility index (Phi) is 8.41. The molecule has 6 rings (SSSR count). The second-order valence-corrected chi connectivity index (χ2v) is 12.8. The topological polar surface area (TPSA) is 149 Å². The Hall–Kier alpha value is -5.30. The molecule has 1 aliphatic rings. The van der Waals surface area contributed by atoms with Crippen LogP contribution < -0.4 is 11.0 Å². The SMILES string of the molecule is CC1Cn2c(c(C(=O)NCc3ccccc3-c3ncccn3)n(-c3ccc4c(cnn4C[C@@H](C)O)c3)c2=O)CN1C(=O)OC(C)(C)C. The van der Waals surface area contributed by atoms with Crippen LogP contribution in [0.4, 0.5) is 4.79 Å². The molecule has 0 bridgehead atoms. The molecular formula is C34H38N8O5. The lowest BCUT2D eigenvalue weighted by Gasteiger charge is -2.35. The molecule has 2 N–H and O–H groups in total. The van der Waals surface area contributed by atoms with Gasteiger partial charge in [0.05, 0.1) is 48.3 Å². The predicted molar refractivity (Wildman–Crippen MR) is 175 cm³/mol. The van der Waals surface area contributed by atoms with Crippen LogP contribution in [0.3, 0.4) is 0 Å². The van der Waals surface area contributed by atoms with E-state index in [1.54, 1.807) is 78.6 Å². The minimum absolute atomic E-state index is 0.00405. The van der Waals surface area contributed by atoms with Gasteiger partial charge < -0.3 is 15.2 Å². The maximum atomic E-state index is 14.2. The fourth-order valence-corrected chi connectivity index (χ4v) is 5.85. The summed E-state index contributed by atoms with van der Waals surface area (Å²) >= 11 is 0. The highest BCUT2D eigenvalue weighted by atomic mass is 16.6. The molecular weight excluding hydrogens is 600 g/mol. The number of nitrogens with one attached hydrogen (secondary N) is 1. The van der Waals surface area contributed by atoms with Gasteiger partial charge in [-0.25, -0.2) is 19.6 Å². The van der Waals surface area contributed by atoms with Crippen molar-refractivity contribution in [3.05, 3.63) is 94.6 Å². The van der Waals surface area contributed by atoms with Gasteiger partial charge in [0.25, 0.3) is 5.91 Å². The normalized spacial score (nSPS) is 15.4. The molecule has 0 saturated carbocycles. The number of aliphatic hydroxyl groups excluding tert-OH is 1. The lowest BCUT2D eigenvalue weighted by Crippen LogP contribution is -2.48. The van der Waals surface area contributed by atoms with E-state index in [0.29, 0.717) is 23.8 Å². The van der Waals surface area contributed by atoms with E-state index in [9.17, 15) is 19.5 Å². The number of aromatic nitrogens is 6. The number of nitrogens with zero attached hydrogens (tertiary/aromatic N) is 7. The van der Waals surface area contributed by atoms with E-state index in [1.807, 2.05) is 37.3 Å². The van der Waals surface area contributed by atoms with E-state index in [0.717, 1.165) is 22.0 Å². The quantitative estimate of drug-likeness (QED) is 0.273. The van der Waals surface area contributed by atoms with Crippen LogP contribution >= 0.6 is 0 Å². The number of ether oxygens (including phenoxy) is 1. The van der Waals surface area contributed by atoms with E-state index in [1.165, 1.54) is 4.57 Å². The van der Waals surface area contributed by atoms with Crippen LogP contribution in [0.15, 0.2) is 71.9 Å². The minimum Gasteiger partial charge on any atom is -0.444 e. The highest BCUT2D eigenvalue weighted by Crippen LogP contribution is 2.27. The molecule has 1 unspecified atom stereocenters. The Morgan fingerprint density at radius 2 is 1.85 bits per heavy atom. The van der Waals surface area contributed by atoms with E-state index in [4.69, 9.17) is 4.74 Å². The van der Waals surface area contributed by atoms with Crippen LogP contribution in [0, 0.1) is 0 Å². The van der Waals surface area contributed by atoms with Crippen molar-refractivity contribution in [2.45, 2.75) is 78.5 Å². The third-order valence-electron chi connectivity index (χ3n) is 7.97. The number of carbonyl (C=O) groups excluding carboxylic acids is 2. The van der Waals surface area contributed by atoms with Crippen molar-refractivity contribution in [3.8, 4) is 17.1 Å². The lowest BCUT2D eigenvalue weighted by atomic mass is 10.1. The second-order valence-electron chi connectivity index (χ2n) is 12.8. The Morgan fingerprint density at radius 3 is 2.57 bits per heavy atom. The Morgan fingerprint density at radius 1 is 1.11 bits per heavy atom. The number of imidazole rings is 1. The van der Waals surface area contributed by atoms with Gasteiger partial charge in [-0.3, -0.25) is 23.5 Å². The number of hydrogen-bond donors (Lipinski definition) is 2. The van der Waals surface area contributed by atoms with Gasteiger partial charge in [0, 0.05) is 36.4 Å². The molecule has 5 aromatic rings. The van der Waals surface area contributed by atoms with Crippen LogP contribution in [0.1, 0.15) is 56.4 Å². The molecule has 1 aliphatic heterocycles. The monoisotopic (exact) mass is 638 g/mol. The fraction of sp³-hybridized carbons (Fsp3) is 0.353. The van der Waals surface area contributed by atoms with Gasteiger partial charge in [0.15, 0.2) is 5.82 Å². The van der Waals surface area contributed by atoms with Crippen LogP contribution in [0.5, 0.6) is 0 Å². The number of amides is 2. The summed E-state index contributed by atoms with van der Waals surface area (Å²) in [7, 11) is 0. The number of rotatable bonds is 7. The van der Waals surface area contributed by atoms with E-state index >= 15 is 0 Å². The van der Waals surface area contributed by atoms with Crippen molar-refractivity contribution in [2.75, 3.05) is 0 Å². The summed E-state index contributed by atoms with van der Waals surface area (Å²) in [5.41, 5.74) is 2.24. The van der Waals surface area contributed by atoms with Crippen LogP contribution in [-0.2, 0) is 30.9 Å². The standard InChI is InChI=1S/C34H38N8O5/c1-21-18-40-28(20-39(21)33(46)47-34(3,4)5)29(31(44)37-16-23-9-6-7-10-26(23)30-35-13-8-14-36-30)42(32(40)45)25-11-12-27-24(15-25)17-38-41(27)19-22(2)43/h6-15,17,21-22,43H,16,18-20H2,1-5H3,(H,37,44)/t21?,22-/m1/s1. The molecule has 2 aromatic carbocycles. The summed E-state index contributed by atoms with van der Waals surface area (Å²) in [6, 6.07) is 14.3. The fourth-order valence-electron chi connectivity index (χ4n) is 5.85. The number of benzene rings is 2. The molecule has 13 heteroatoms. The van der Waals surface area contributed by atoms with Crippen molar-refractivity contribution in [3.63, 3.8) is 0 Å². The van der Waals surface area contributed by atoms with Gasteiger partial charge in [-0.1, -0.05) is 24.3 Å². The number of fused-ring (bicyclic) bond motifs is 2. The molecule has 0 spiro atoms. The van der Waals surface area contributed by atoms with Gasteiger partial charge in [-0.2, -0.15) is 5.10 Å². The average molecular weight is 639 g/mol. The molecule has 0 aliphatic carbocycles. The molecule has 47 heavy (non-hydrogen) atoms. The summed E-state index contributed by atoms with van der Waals surface area (Å²) in [5.74, 6) is 0.0464. The second kappa shape index (κ2) is 12.5. The van der Waals surface area contributed by atoms with Crippen LogP contribution in [0.2, 0.25) is 0 Å². The Labute approximate surface area is 271 Å². The summed E-state index contributed by atoms with van der Waals surface area (Å²) in [4.78, 5) is 51.9. The van der Waals surface area contributed by atoms with E-state index in [-0.39, 0.29) is 31.4 Å². The molecule has 244 valence electrons. The van der Waals surface area contributed by atoms with Crippen LogP contribution in [-0.4, -0.2) is 68.6 Å². The zero-order valence-corrected chi connectivity index (χ0v) is 27.0. The van der Waals surface area contributed by atoms with E-state index < -0.39 is 29.4 Å². The zero-order valence-electron chi connectivity index (χ0n) is 27.0. The molecule has 0 saturated heterocycles. The molecule has 4 heterocycles. The third-order valence-corrected chi connectivity index (χ3v) is 7.97. The highest BCUT2D eigenvalue weighted by molar-refractivity contribution is 5.95. The van der Waals surface area contributed by atoms with Gasteiger partial charge >= 0.3 is 11.8 Å².